The van der Waals surface area contributed by atoms with Gasteiger partial charge in [0.15, 0.2) is 0 Å². The van der Waals surface area contributed by atoms with Gasteiger partial charge in [0, 0.05) is 24.5 Å². The van der Waals surface area contributed by atoms with Gasteiger partial charge >= 0.3 is 0 Å². The lowest BCUT2D eigenvalue weighted by Crippen LogP contribution is -2.37. The molecule has 1 aliphatic rings. The van der Waals surface area contributed by atoms with E-state index in [1.165, 1.54) is 0 Å². The summed E-state index contributed by atoms with van der Waals surface area (Å²) in [7, 11) is 3.83. The summed E-state index contributed by atoms with van der Waals surface area (Å²) in [5, 5.41) is 3.52. The first kappa shape index (κ1) is 20.0. The van der Waals surface area contributed by atoms with Crippen molar-refractivity contribution in [3.63, 3.8) is 0 Å². The summed E-state index contributed by atoms with van der Waals surface area (Å²) in [4.78, 5) is 40.1. The van der Waals surface area contributed by atoms with Crippen LogP contribution in [-0.4, -0.2) is 54.7 Å². The monoisotopic (exact) mass is 399 g/mol. The Kier molecular flexibility index (Phi) is 6.11. The summed E-state index contributed by atoms with van der Waals surface area (Å²) in [6, 6.07) is 14.1. The third kappa shape index (κ3) is 4.08. The highest BCUT2D eigenvalue weighted by molar-refractivity contribution is 6.31. The lowest BCUT2D eigenvalue weighted by Gasteiger charge is -2.26. The van der Waals surface area contributed by atoms with Crippen LogP contribution in [0.3, 0.4) is 0 Å². The minimum atomic E-state index is -0.351. The maximum absolute atomic E-state index is 12.3. The highest BCUT2D eigenvalue weighted by Crippen LogP contribution is 2.25. The van der Waals surface area contributed by atoms with Crippen LogP contribution in [-0.2, 0) is 4.79 Å². The average Bonchev–Trinajstić information content (AvgIpc) is 2.92. The molecule has 1 atom stereocenters. The van der Waals surface area contributed by atoms with Gasteiger partial charge in [0.2, 0.25) is 5.91 Å². The quantitative estimate of drug-likeness (QED) is 0.727. The number of carbonyl (C=O) groups is 3. The molecule has 2 aromatic carbocycles. The lowest BCUT2D eigenvalue weighted by molar-refractivity contribution is -0.121. The Balaban J connectivity index is 1.57. The zero-order chi connectivity index (χ0) is 20.3. The summed E-state index contributed by atoms with van der Waals surface area (Å²) in [6.45, 7) is 0.425. The Bertz CT molecular complexity index is 878. The van der Waals surface area contributed by atoms with Gasteiger partial charge in [0.25, 0.3) is 11.8 Å². The number of likely N-dealkylation sites (N-methyl/N-ethyl adjacent to an activating group) is 1. The Hall–Kier alpha value is -2.70. The highest BCUT2D eigenvalue weighted by atomic mass is 35.5. The van der Waals surface area contributed by atoms with E-state index in [-0.39, 0.29) is 36.7 Å². The number of carbonyl (C=O) groups excluding carboxylic acids is 3. The second-order valence-corrected chi connectivity index (χ2v) is 7.27. The van der Waals surface area contributed by atoms with Crippen LogP contribution in [0.1, 0.15) is 38.7 Å². The van der Waals surface area contributed by atoms with Crippen LogP contribution in [0, 0.1) is 0 Å². The van der Waals surface area contributed by atoms with Gasteiger partial charge in [-0.15, -0.1) is 0 Å². The van der Waals surface area contributed by atoms with E-state index in [1.54, 1.807) is 24.3 Å². The van der Waals surface area contributed by atoms with Crippen molar-refractivity contribution >= 4 is 29.3 Å². The van der Waals surface area contributed by atoms with Crippen molar-refractivity contribution < 1.29 is 14.4 Å². The molecule has 146 valence electrons. The number of hydrogen-bond acceptors (Lipinski definition) is 4. The molecule has 0 spiro atoms. The van der Waals surface area contributed by atoms with Crippen molar-refractivity contribution in [1.29, 1.82) is 0 Å². The van der Waals surface area contributed by atoms with Gasteiger partial charge in [-0.2, -0.15) is 0 Å². The van der Waals surface area contributed by atoms with Crippen LogP contribution < -0.4 is 5.32 Å². The molecule has 2 aromatic rings. The number of benzene rings is 2. The maximum Gasteiger partial charge on any atom is 0.261 e. The zero-order valence-electron chi connectivity index (χ0n) is 15.8. The van der Waals surface area contributed by atoms with Crippen molar-refractivity contribution in [2.24, 2.45) is 0 Å². The molecule has 3 rings (SSSR count). The standard InChI is InChI=1S/C21H22ClN3O3/c1-24(2)18(16-9-5-6-10-17(16)22)13-23-19(26)11-12-25-20(27)14-7-3-4-8-15(14)21(25)28/h3-10,18H,11-13H2,1-2H3,(H,23,26)/t18-/m1/s1. The second kappa shape index (κ2) is 8.54. The van der Waals surface area contributed by atoms with Crippen LogP contribution in [0.2, 0.25) is 5.02 Å². The Morgan fingerprint density at radius 1 is 1.04 bits per heavy atom. The smallest absolute Gasteiger partial charge is 0.261 e. The van der Waals surface area contributed by atoms with Crippen LogP contribution in [0.5, 0.6) is 0 Å². The van der Waals surface area contributed by atoms with Gasteiger partial charge in [-0.05, 0) is 37.9 Å². The molecule has 1 N–H and O–H groups in total. The molecule has 1 aliphatic heterocycles. The van der Waals surface area contributed by atoms with Gasteiger partial charge in [0.05, 0.1) is 17.2 Å². The Morgan fingerprint density at radius 3 is 2.18 bits per heavy atom. The minimum absolute atomic E-state index is 0.0497. The first-order valence-electron chi connectivity index (χ1n) is 9.03. The van der Waals surface area contributed by atoms with Crippen LogP contribution in [0.15, 0.2) is 48.5 Å². The molecule has 6 nitrogen and oxygen atoms in total. The van der Waals surface area contributed by atoms with Crippen molar-refractivity contribution in [3.8, 4) is 0 Å². The predicted molar refractivity (Wildman–Crippen MR) is 107 cm³/mol. The van der Waals surface area contributed by atoms with E-state index in [4.69, 9.17) is 11.6 Å². The molecule has 0 radical (unpaired) electrons. The van der Waals surface area contributed by atoms with Gasteiger partial charge in [0.1, 0.15) is 0 Å². The van der Waals surface area contributed by atoms with Crippen LogP contribution in [0.25, 0.3) is 0 Å². The number of halogens is 1. The molecule has 0 unspecified atom stereocenters. The van der Waals surface area contributed by atoms with E-state index in [9.17, 15) is 14.4 Å². The van der Waals surface area contributed by atoms with Gasteiger partial charge in [-0.3, -0.25) is 19.3 Å². The summed E-state index contributed by atoms with van der Waals surface area (Å²) < 4.78 is 0. The second-order valence-electron chi connectivity index (χ2n) is 6.86. The summed E-state index contributed by atoms with van der Waals surface area (Å²) in [6.07, 6.45) is 0.0497. The first-order chi connectivity index (χ1) is 13.4. The van der Waals surface area contributed by atoms with E-state index in [1.807, 2.05) is 43.3 Å². The molecule has 0 aromatic heterocycles. The normalized spacial score (nSPS) is 14.4. The molecule has 0 aliphatic carbocycles. The number of rotatable bonds is 7. The number of fused-ring (bicyclic) bond motifs is 1. The molecular weight excluding hydrogens is 378 g/mol. The van der Waals surface area contributed by atoms with Gasteiger partial charge < -0.3 is 10.2 Å². The topological polar surface area (TPSA) is 69.7 Å². The van der Waals surface area contributed by atoms with E-state index in [0.717, 1.165) is 10.5 Å². The third-order valence-electron chi connectivity index (χ3n) is 4.82. The van der Waals surface area contributed by atoms with Gasteiger partial charge in [-0.1, -0.05) is 41.9 Å². The molecule has 7 heteroatoms. The van der Waals surface area contributed by atoms with Crippen LogP contribution in [0.4, 0.5) is 0 Å². The Labute approximate surface area is 169 Å². The molecular formula is C21H22ClN3O3. The lowest BCUT2D eigenvalue weighted by atomic mass is 10.1. The van der Waals surface area contributed by atoms with E-state index < -0.39 is 0 Å². The minimum Gasteiger partial charge on any atom is -0.354 e. The number of nitrogens with one attached hydrogen (secondary N) is 1. The van der Waals surface area contributed by atoms with Crippen LogP contribution >= 0.6 is 11.6 Å². The molecule has 0 bridgehead atoms. The SMILES string of the molecule is CN(C)[C@H](CNC(=O)CCN1C(=O)c2ccccc2C1=O)c1ccccc1Cl. The summed E-state index contributed by atoms with van der Waals surface area (Å²) >= 11 is 6.28. The number of amides is 3. The van der Waals surface area contributed by atoms with Crippen molar-refractivity contribution in [2.45, 2.75) is 12.5 Å². The van der Waals surface area contributed by atoms with Gasteiger partial charge in [-0.25, -0.2) is 0 Å². The summed E-state index contributed by atoms with van der Waals surface area (Å²) in [5.41, 5.74) is 1.70. The number of hydrogen-bond donors (Lipinski definition) is 1. The summed E-state index contributed by atoms with van der Waals surface area (Å²) in [5.74, 6) is -0.929. The third-order valence-corrected chi connectivity index (χ3v) is 5.17. The fourth-order valence-electron chi connectivity index (χ4n) is 3.27. The molecule has 0 saturated heterocycles. The fourth-order valence-corrected chi connectivity index (χ4v) is 3.53. The van der Waals surface area contributed by atoms with E-state index in [0.29, 0.717) is 22.7 Å². The molecule has 0 fully saturated rings. The predicted octanol–water partition coefficient (Wildman–Crippen LogP) is 2.75. The number of nitrogens with zero attached hydrogens (tertiary/aromatic N) is 2. The Morgan fingerprint density at radius 2 is 1.61 bits per heavy atom. The fraction of sp³-hybridized carbons (Fsp3) is 0.286. The van der Waals surface area contributed by atoms with Crippen molar-refractivity contribution in [2.75, 3.05) is 27.2 Å². The maximum atomic E-state index is 12.3. The van der Waals surface area contributed by atoms with E-state index >= 15 is 0 Å². The zero-order valence-corrected chi connectivity index (χ0v) is 16.6. The number of imide groups is 1. The molecule has 0 saturated carbocycles. The van der Waals surface area contributed by atoms with Crippen molar-refractivity contribution in [1.82, 2.24) is 15.1 Å². The molecule has 3 amide bonds. The molecule has 1 heterocycles. The highest BCUT2D eigenvalue weighted by Gasteiger charge is 2.35. The van der Waals surface area contributed by atoms with Crippen molar-refractivity contribution in [3.05, 3.63) is 70.2 Å². The largest absolute Gasteiger partial charge is 0.354 e. The first-order valence-corrected chi connectivity index (χ1v) is 9.40. The van der Waals surface area contributed by atoms with E-state index in [2.05, 4.69) is 5.32 Å². The molecule has 28 heavy (non-hydrogen) atoms. The average molecular weight is 400 g/mol.